The standard InChI is InChI=1S/C18H20O2/c1-18-9-8-12-11-4-2-3-5-13(11)16(19)10-14(12)15(18)6-7-17(18)20/h2-5,10,15,17,19-20H,6-9H2,1H3/t15-,17-,18-/m0/s1. The van der Waals surface area contributed by atoms with Crippen molar-refractivity contribution in [3.63, 3.8) is 0 Å². The summed E-state index contributed by atoms with van der Waals surface area (Å²) < 4.78 is 0. The van der Waals surface area contributed by atoms with Crippen LogP contribution in [0.15, 0.2) is 30.3 Å². The number of benzene rings is 2. The second-order valence-corrected chi connectivity index (χ2v) is 6.66. The summed E-state index contributed by atoms with van der Waals surface area (Å²) in [6.45, 7) is 2.21. The molecule has 0 spiro atoms. The van der Waals surface area contributed by atoms with Crippen LogP contribution < -0.4 is 0 Å². The Morgan fingerprint density at radius 1 is 1.15 bits per heavy atom. The minimum Gasteiger partial charge on any atom is -0.507 e. The van der Waals surface area contributed by atoms with Gasteiger partial charge in [-0.2, -0.15) is 0 Å². The Morgan fingerprint density at radius 3 is 2.70 bits per heavy atom. The van der Waals surface area contributed by atoms with E-state index in [-0.39, 0.29) is 11.5 Å². The van der Waals surface area contributed by atoms with Gasteiger partial charge in [0.05, 0.1) is 6.10 Å². The predicted molar refractivity (Wildman–Crippen MR) is 80.0 cm³/mol. The van der Waals surface area contributed by atoms with Gasteiger partial charge in [0.15, 0.2) is 0 Å². The lowest BCUT2D eigenvalue weighted by Crippen LogP contribution is -2.35. The van der Waals surface area contributed by atoms with Crippen molar-refractivity contribution in [2.24, 2.45) is 5.41 Å². The monoisotopic (exact) mass is 268 g/mol. The van der Waals surface area contributed by atoms with E-state index in [9.17, 15) is 10.2 Å². The molecule has 3 atom stereocenters. The first-order valence-electron chi connectivity index (χ1n) is 7.53. The van der Waals surface area contributed by atoms with Gasteiger partial charge in [-0.1, -0.05) is 31.2 Å². The largest absolute Gasteiger partial charge is 0.507 e. The second kappa shape index (κ2) is 3.98. The Kier molecular flexibility index (Phi) is 2.43. The van der Waals surface area contributed by atoms with Crippen LogP contribution in [0.5, 0.6) is 5.75 Å². The van der Waals surface area contributed by atoms with Crippen LogP contribution in [0.25, 0.3) is 10.8 Å². The van der Waals surface area contributed by atoms with Crippen LogP contribution in [0.2, 0.25) is 0 Å². The summed E-state index contributed by atoms with van der Waals surface area (Å²) in [7, 11) is 0. The molecule has 20 heavy (non-hydrogen) atoms. The predicted octanol–water partition coefficient (Wildman–Crippen LogP) is 3.74. The van der Waals surface area contributed by atoms with E-state index in [2.05, 4.69) is 13.0 Å². The van der Waals surface area contributed by atoms with Gasteiger partial charge >= 0.3 is 0 Å². The van der Waals surface area contributed by atoms with E-state index in [0.29, 0.717) is 11.7 Å². The molecule has 2 N–H and O–H groups in total. The van der Waals surface area contributed by atoms with E-state index in [0.717, 1.165) is 31.1 Å². The van der Waals surface area contributed by atoms with Crippen LogP contribution in [0.3, 0.4) is 0 Å². The third kappa shape index (κ3) is 1.43. The number of fused-ring (bicyclic) bond motifs is 5. The van der Waals surface area contributed by atoms with E-state index in [4.69, 9.17) is 0 Å². The molecule has 0 radical (unpaired) electrons. The van der Waals surface area contributed by atoms with Crippen molar-refractivity contribution in [3.8, 4) is 5.75 Å². The summed E-state index contributed by atoms with van der Waals surface area (Å²) in [5.74, 6) is 0.766. The quantitative estimate of drug-likeness (QED) is 0.764. The summed E-state index contributed by atoms with van der Waals surface area (Å²) in [6, 6.07) is 10.1. The fourth-order valence-corrected chi connectivity index (χ4v) is 4.49. The zero-order valence-corrected chi connectivity index (χ0v) is 11.8. The minimum absolute atomic E-state index is 0.0120. The number of phenolic OH excluding ortho intramolecular Hbond substituents is 1. The molecule has 0 amide bonds. The van der Waals surface area contributed by atoms with Crippen LogP contribution >= 0.6 is 0 Å². The van der Waals surface area contributed by atoms with Gasteiger partial charge in [-0.05, 0) is 54.2 Å². The van der Waals surface area contributed by atoms with E-state index < -0.39 is 0 Å². The molecule has 0 heterocycles. The zero-order chi connectivity index (χ0) is 13.9. The summed E-state index contributed by atoms with van der Waals surface area (Å²) >= 11 is 0. The number of phenols is 1. The molecule has 0 saturated heterocycles. The summed E-state index contributed by atoms with van der Waals surface area (Å²) in [6.07, 6.45) is 3.76. The highest BCUT2D eigenvalue weighted by atomic mass is 16.3. The van der Waals surface area contributed by atoms with Gasteiger partial charge in [0, 0.05) is 10.8 Å². The fraction of sp³-hybridized carbons (Fsp3) is 0.444. The molecule has 0 unspecified atom stereocenters. The Bertz CT molecular complexity index is 691. The number of hydrogen-bond acceptors (Lipinski definition) is 2. The van der Waals surface area contributed by atoms with Gasteiger partial charge < -0.3 is 10.2 Å². The fourth-order valence-electron chi connectivity index (χ4n) is 4.49. The maximum absolute atomic E-state index is 10.3. The summed E-state index contributed by atoms with van der Waals surface area (Å²) in [5.41, 5.74) is 2.64. The Morgan fingerprint density at radius 2 is 1.90 bits per heavy atom. The van der Waals surface area contributed by atoms with Gasteiger partial charge in [-0.25, -0.2) is 0 Å². The van der Waals surface area contributed by atoms with E-state index >= 15 is 0 Å². The maximum Gasteiger partial charge on any atom is 0.123 e. The number of aryl methyl sites for hydroxylation is 1. The molecule has 104 valence electrons. The van der Waals surface area contributed by atoms with Crippen LogP contribution in [-0.2, 0) is 6.42 Å². The summed E-state index contributed by atoms with van der Waals surface area (Å²) in [4.78, 5) is 0. The van der Waals surface area contributed by atoms with Gasteiger partial charge in [0.25, 0.3) is 0 Å². The lowest BCUT2D eigenvalue weighted by atomic mass is 9.65. The Labute approximate surface area is 119 Å². The molecule has 0 aromatic heterocycles. The molecular formula is C18H20O2. The third-order valence-corrected chi connectivity index (χ3v) is 5.74. The van der Waals surface area contributed by atoms with Crippen molar-refractivity contribution >= 4 is 10.8 Å². The first-order chi connectivity index (χ1) is 9.61. The molecule has 0 bridgehead atoms. The molecule has 2 heteroatoms. The molecule has 2 aliphatic carbocycles. The van der Waals surface area contributed by atoms with Gasteiger partial charge in [-0.3, -0.25) is 0 Å². The van der Waals surface area contributed by atoms with Crippen LogP contribution in [0.4, 0.5) is 0 Å². The highest BCUT2D eigenvalue weighted by Gasteiger charge is 2.49. The third-order valence-electron chi connectivity index (χ3n) is 5.74. The maximum atomic E-state index is 10.3. The Hall–Kier alpha value is -1.54. The number of aliphatic hydroxyl groups excluding tert-OH is 1. The number of rotatable bonds is 0. The van der Waals surface area contributed by atoms with Crippen molar-refractivity contribution < 1.29 is 10.2 Å². The van der Waals surface area contributed by atoms with Crippen molar-refractivity contribution in [3.05, 3.63) is 41.5 Å². The Balaban J connectivity index is 1.99. The number of hydrogen-bond donors (Lipinski definition) is 2. The molecule has 1 fully saturated rings. The lowest BCUT2D eigenvalue weighted by molar-refractivity contribution is 0.0458. The molecule has 2 aliphatic rings. The average Bonchev–Trinajstić information content (AvgIpc) is 2.76. The normalized spacial score (nSPS) is 32.1. The zero-order valence-electron chi connectivity index (χ0n) is 11.8. The molecule has 2 aromatic rings. The average molecular weight is 268 g/mol. The van der Waals surface area contributed by atoms with E-state index in [1.165, 1.54) is 16.5 Å². The van der Waals surface area contributed by atoms with Gasteiger partial charge in [0.1, 0.15) is 5.75 Å². The lowest BCUT2D eigenvalue weighted by Gasteiger charge is -2.40. The number of aliphatic hydroxyl groups is 1. The van der Waals surface area contributed by atoms with Crippen molar-refractivity contribution in [2.45, 2.75) is 44.6 Å². The highest BCUT2D eigenvalue weighted by Crippen LogP contribution is 2.57. The van der Waals surface area contributed by atoms with E-state index in [1.54, 1.807) is 0 Å². The van der Waals surface area contributed by atoms with Crippen molar-refractivity contribution in [2.75, 3.05) is 0 Å². The molecule has 2 aromatic carbocycles. The van der Waals surface area contributed by atoms with Gasteiger partial charge in [-0.15, -0.1) is 0 Å². The first kappa shape index (κ1) is 12.2. The van der Waals surface area contributed by atoms with Crippen molar-refractivity contribution in [1.82, 2.24) is 0 Å². The first-order valence-corrected chi connectivity index (χ1v) is 7.53. The van der Waals surface area contributed by atoms with Crippen LogP contribution in [-0.4, -0.2) is 16.3 Å². The second-order valence-electron chi connectivity index (χ2n) is 6.66. The van der Waals surface area contributed by atoms with Crippen LogP contribution in [0, 0.1) is 5.41 Å². The molecule has 2 nitrogen and oxygen atoms in total. The molecular weight excluding hydrogens is 248 g/mol. The molecule has 4 rings (SSSR count). The number of aromatic hydroxyl groups is 1. The topological polar surface area (TPSA) is 40.5 Å². The summed E-state index contributed by atoms with van der Waals surface area (Å²) in [5, 5.41) is 22.8. The SMILES string of the molecule is C[C@]12CCc3c(cc(O)c4ccccc34)[C@@H]1CC[C@@H]2O. The van der Waals surface area contributed by atoms with E-state index in [1.807, 2.05) is 24.3 Å². The van der Waals surface area contributed by atoms with Crippen LogP contribution in [0.1, 0.15) is 43.2 Å². The smallest absolute Gasteiger partial charge is 0.123 e. The molecule has 0 aliphatic heterocycles. The van der Waals surface area contributed by atoms with Gasteiger partial charge in [0.2, 0.25) is 0 Å². The highest BCUT2D eigenvalue weighted by molar-refractivity contribution is 5.92. The molecule has 1 saturated carbocycles. The van der Waals surface area contributed by atoms with Crippen molar-refractivity contribution in [1.29, 1.82) is 0 Å². The minimum atomic E-state index is -0.200.